The van der Waals surface area contributed by atoms with Crippen LogP contribution in [-0.2, 0) is 0 Å². The molecule has 1 aromatic heterocycles. The monoisotopic (exact) mass is 424 g/mol. The molecular formula is C31H24N2. The predicted octanol–water partition coefficient (Wildman–Crippen LogP) is 8.22. The van der Waals surface area contributed by atoms with Gasteiger partial charge < -0.3 is 9.47 Å². The Balaban J connectivity index is 1.62. The lowest BCUT2D eigenvalue weighted by Crippen LogP contribution is -2.09. The molecule has 0 fully saturated rings. The van der Waals surface area contributed by atoms with Gasteiger partial charge in [-0.3, -0.25) is 0 Å². The van der Waals surface area contributed by atoms with Gasteiger partial charge in [-0.2, -0.15) is 0 Å². The second-order valence-corrected chi connectivity index (χ2v) is 8.33. The number of fused-ring (bicyclic) bond motifs is 3. The van der Waals surface area contributed by atoms with E-state index in [9.17, 15) is 0 Å². The van der Waals surface area contributed by atoms with E-state index in [0.717, 1.165) is 0 Å². The molecule has 0 radical (unpaired) electrons. The second-order valence-electron chi connectivity index (χ2n) is 8.33. The molecule has 33 heavy (non-hydrogen) atoms. The molecule has 158 valence electrons. The van der Waals surface area contributed by atoms with E-state index in [-0.39, 0.29) is 0 Å². The Bertz CT molecular complexity index is 1560. The number of para-hydroxylation sites is 2. The molecule has 0 aliphatic carbocycles. The third-order valence-electron chi connectivity index (χ3n) is 6.39. The summed E-state index contributed by atoms with van der Waals surface area (Å²) in [4.78, 5) is 2.28. The zero-order chi connectivity index (χ0) is 22.2. The van der Waals surface area contributed by atoms with E-state index in [1.54, 1.807) is 0 Å². The van der Waals surface area contributed by atoms with Crippen LogP contribution < -0.4 is 4.90 Å². The SMILES string of the molecule is CN(c1ccccc1)c1cccc2c1c1ccccc1n2-c1cccc(-c2ccccc2)c1. The Labute approximate surface area is 194 Å². The molecule has 0 N–H and O–H groups in total. The van der Waals surface area contributed by atoms with Gasteiger partial charge in [0.1, 0.15) is 0 Å². The van der Waals surface area contributed by atoms with Crippen molar-refractivity contribution in [3.05, 3.63) is 127 Å². The third-order valence-corrected chi connectivity index (χ3v) is 6.39. The minimum atomic E-state index is 1.17. The molecule has 0 saturated carbocycles. The number of rotatable bonds is 4. The molecule has 2 nitrogen and oxygen atoms in total. The largest absolute Gasteiger partial charge is 0.344 e. The fraction of sp³-hybridized carbons (Fsp3) is 0.0323. The average molecular weight is 425 g/mol. The van der Waals surface area contributed by atoms with Crippen molar-refractivity contribution in [2.45, 2.75) is 0 Å². The molecule has 0 atom stereocenters. The molecule has 0 unspecified atom stereocenters. The molecule has 1 heterocycles. The van der Waals surface area contributed by atoms with Crippen LogP contribution in [0.25, 0.3) is 38.6 Å². The maximum absolute atomic E-state index is 2.39. The fourth-order valence-corrected chi connectivity index (χ4v) is 4.80. The van der Waals surface area contributed by atoms with Gasteiger partial charge in [0.05, 0.1) is 16.7 Å². The zero-order valence-electron chi connectivity index (χ0n) is 18.5. The number of hydrogen-bond acceptors (Lipinski definition) is 1. The lowest BCUT2D eigenvalue weighted by atomic mass is 10.1. The van der Waals surface area contributed by atoms with E-state index in [1.165, 1.54) is 50.0 Å². The van der Waals surface area contributed by atoms with Crippen molar-refractivity contribution in [2.75, 3.05) is 11.9 Å². The fourth-order valence-electron chi connectivity index (χ4n) is 4.80. The van der Waals surface area contributed by atoms with E-state index in [4.69, 9.17) is 0 Å². The summed E-state index contributed by atoms with van der Waals surface area (Å²) in [5.41, 5.74) is 8.41. The molecule has 0 bridgehead atoms. The number of hydrogen-bond donors (Lipinski definition) is 0. The van der Waals surface area contributed by atoms with E-state index in [0.29, 0.717) is 0 Å². The summed E-state index contributed by atoms with van der Waals surface area (Å²) >= 11 is 0. The highest BCUT2D eigenvalue weighted by Crippen LogP contribution is 2.40. The quantitative estimate of drug-likeness (QED) is 0.277. The van der Waals surface area contributed by atoms with Crippen molar-refractivity contribution in [1.82, 2.24) is 4.57 Å². The Morgan fingerprint density at radius 3 is 2.00 bits per heavy atom. The molecule has 2 heteroatoms. The van der Waals surface area contributed by atoms with Crippen LogP contribution in [0.1, 0.15) is 0 Å². The van der Waals surface area contributed by atoms with Gasteiger partial charge in [0, 0.05) is 29.2 Å². The normalized spacial score (nSPS) is 11.2. The van der Waals surface area contributed by atoms with Crippen LogP contribution in [-0.4, -0.2) is 11.6 Å². The lowest BCUT2D eigenvalue weighted by Gasteiger charge is -2.21. The number of nitrogens with zero attached hydrogens (tertiary/aromatic N) is 2. The number of aromatic nitrogens is 1. The standard InChI is InChI=1S/C31H24N2/c1-32(25-15-6-3-7-16-25)29-20-11-21-30-31(29)27-18-8-9-19-28(27)33(30)26-17-10-14-24(22-26)23-12-4-2-5-13-23/h2-22H,1H3. The first-order valence-corrected chi connectivity index (χ1v) is 11.3. The van der Waals surface area contributed by atoms with Crippen molar-refractivity contribution < 1.29 is 0 Å². The van der Waals surface area contributed by atoms with Crippen LogP contribution in [0.15, 0.2) is 127 Å². The first-order chi connectivity index (χ1) is 16.3. The van der Waals surface area contributed by atoms with Gasteiger partial charge in [-0.25, -0.2) is 0 Å². The van der Waals surface area contributed by atoms with E-state index >= 15 is 0 Å². The van der Waals surface area contributed by atoms with Gasteiger partial charge in [-0.05, 0) is 53.6 Å². The Morgan fingerprint density at radius 2 is 1.18 bits per heavy atom. The van der Waals surface area contributed by atoms with Crippen LogP contribution in [0, 0.1) is 0 Å². The first kappa shape index (κ1) is 19.4. The van der Waals surface area contributed by atoms with Crippen LogP contribution in [0.5, 0.6) is 0 Å². The summed E-state index contributed by atoms with van der Waals surface area (Å²) in [6.07, 6.45) is 0. The van der Waals surface area contributed by atoms with Gasteiger partial charge in [-0.1, -0.05) is 84.9 Å². The average Bonchev–Trinajstić information content (AvgIpc) is 3.24. The summed E-state index contributed by atoms with van der Waals surface area (Å²) in [5.74, 6) is 0. The first-order valence-electron chi connectivity index (χ1n) is 11.3. The molecule has 0 aliphatic rings. The summed E-state index contributed by atoms with van der Waals surface area (Å²) in [6.45, 7) is 0. The summed E-state index contributed by atoms with van der Waals surface area (Å²) < 4.78 is 2.39. The van der Waals surface area contributed by atoms with Crippen molar-refractivity contribution in [3.8, 4) is 16.8 Å². The number of benzene rings is 5. The maximum atomic E-state index is 2.39. The molecule has 0 amide bonds. The van der Waals surface area contributed by atoms with Gasteiger partial charge in [0.25, 0.3) is 0 Å². The minimum absolute atomic E-state index is 1.17. The van der Waals surface area contributed by atoms with Gasteiger partial charge in [0.15, 0.2) is 0 Å². The Morgan fingerprint density at radius 1 is 0.545 bits per heavy atom. The van der Waals surface area contributed by atoms with E-state index in [2.05, 4.69) is 144 Å². The van der Waals surface area contributed by atoms with Crippen molar-refractivity contribution in [1.29, 1.82) is 0 Å². The Hall–Kier alpha value is -4.30. The maximum Gasteiger partial charge on any atom is 0.0562 e. The highest BCUT2D eigenvalue weighted by Gasteiger charge is 2.17. The molecule has 0 aliphatic heterocycles. The van der Waals surface area contributed by atoms with Crippen LogP contribution >= 0.6 is 0 Å². The van der Waals surface area contributed by atoms with Crippen molar-refractivity contribution in [2.24, 2.45) is 0 Å². The van der Waals surface area contributed by atoms with Gasteiger partial charge in [0.2, 0.25) is 0 Å². The van der Waals surface area contributed by atoms with Gasteiger partial charge >= 0.3 is 0 Å². The van der Waals surface area contributed by atoms with Crippen LogP contribution in [0.3, 0.4) is 0 Å². The van der Waals surface area contributed by atoms with Gasteiger partial charge in [-0.15, -0.1) is 0 Å². The molecular weight excluding hydrogens is 400 g/mol. The molecule has 6 aromatic rings. The highest BCUT2D eigenvalue weighted by molar-refractivity contribution is 6.15. The van der Waals surface area contributed by atoms with Crippen molar-refractivity contribution in [3.63, 3.8) is 0 Å². The molecule has 0 spiro atoms. The summed E-state index contributed by atoms with van der Waals surface area (Å²) in [5, 5.41) is 2.53. The predicted molar refractivity (Wildman–Crippen MR) is 141 cm³/mol. The summed E-state index contributed by atoms with van der Waals surface area (Å²) in [6, 6.07) is 45.2. The second kappa shape index (κ2) is 7.99. The molecule has 5 aromatic carbocycles. The Kier molecular flexibility index (Phi) is 4.70. The highest BCUT2D eigenvalue weighted by atomic mass is 15.1. The molecule has 6 rings (SSSR count). The van der Waals surface area contributed by atoms with Crippen molar-refractivity contribution >= 4 is 33.2 Å². The summed E-state index contributed by atoms with van der Waals surface area (Å²) in [7, 11) is 2.15. The lowest BCUT2D eigenvalue weighted by molar-refractivity contribution is 1.18. The zero-order valence-corrected chi connectivity index (χ0v) is 18.5. The van der Waals surface area contributed by atoms with Crippen LogP contribution in [0.2, 0.25) is 0 Å². The molecule has 0 saturated heterocycles. The topological polar surface area (TPSA) is 8.17 Å². The van der Waals surface area contributed by atoms with Crippen LogP contribution in [0.4, 0.5) is 11.4 Å². The van der Waals surface area contributed by atoms with E-state index < -0.39 is 0 Å². The minimum Gasteiger partial charge on any atom is -0.344 e. The third kappa shape index (κ3) is 3.28. The van der Waals surface area contributed by atoms with E-state index in [1.807, 2.05) is 0 Å². The number of anilines is 2. The smallest absolute Gasteiger partial charge is 0.0562 e.